The van der Waals surface area contributed by atoms with Gasteiger partial charge in [0.2, 0.25) is 0 Å². The largest absolute Gasteiger partial charge is 0.484 e. The van der Waals surface area contributed by atoms with Gasteiger partial charge in [0, 0.05) is 24.2 Å². The van der Waals surface area contributed by atoms with Gasteiger partial charge in [-0.1, -0.05) is 23.2 Å². The molecule has 2 amide bonds. The van der Waals surface area contributed by atoms with Crippen molar-refractivity contribution >= 4 is 77.1 Å². The minimum Gasteiger partial charge on any atom is -0.484 e. The molecular formula is C18H23Cl4N5O3S. The van der Waals surface area contributed by atoms with Crippen LogP contribution in [0.1, 0.15) is 10.4 Å². The van der Waals surface area contributed by atoms with Crippen LogP contribution in [-0.4, -0.2) is 56.5 Å². The van der Waals surface area contributed by atoms with Crippen molar-refractivity contribution in [1.82, 2.24) is 10.2 Å². The van der Waals surface area contributed by atoms with Gasteiger partial charge >= 0.3 is 0 Å². The van der Waals surface area contributed by atoms with Crippen LogP contribution in [-0.2, 0) is 4.79 Å². The number of hydrogen-bond acceptors (Lipinski definition) is 5. The van der Waals surface area contributed by atoms with Crippen LogP contribution in [0.25, 0.3) is 11.1 Å². The Morgan fingerprint density at radius 2 is 1.84 bits per heavy atom. The molecule has 0 aliphatic heterocycles. The number of likely N-dealkylation sites (N-methyl/N-ethyl adjacent to an activating group) is 1. The summed E-state index contributed by atoms with van der Waals surface area (Å²) in [7, 11) is 3.82. The second-order valence-electron chi connectivity index (χ2n) is 6.27. The summed E-state index contributed by atoms with van der Waals surface area (Å²) in [5.74, 6) is -1.01. The smallest absolute Gasteiger partial charge is 0.280 e. The molecule has 0 atom stereocenters. The molecule has 1 aromatic heterocycles. The molecule has 1 aromatic carbocycles. The highest BCUT2D eigenvalue weighted by Crippen LogP contribution is 2.39. The van der Waals surface area contributed by atoms with Crippen molar-refractivity contribution in [2.24, 2.45) is 16.5 Å². The minimum atomic E-state index is -0.649. The molecule has 2 aromatic rings. The number of ether oxygens (including phenoxy) is 1. The van der Waals surface area contributed by atoms with Crippen molar-refractivity contribution in [2.45, 2.75) is 0 Å². The zero-order valence-corrected chi connectivity index (χ0v) is 20.6. The molecule has 0 bridgehead atoms. The number of guanidine groups is 1. The number of nitrogens with two attached hydrogens (primary N) is 2. The highest BCUT2D eigenvalue weighted by molar-refractivity contribution is 7.20. The third-order valence-corrected chi connectivity index (χ3v) is 5.09. The van der Waals surface area contributed by atoms with E-state index in [0.29, 0.717) is 32.9 Å². The molecule has 31 heavy (non-hydrogen) atoms. The molecule has 0 spiro atoms. The van der Waals surface area contributed by atoms with E-state index in [-0.39, 0.29) is 54.6 Å². The van der Waals surface area contributed by atoms with Crippen LogP contribution >= 0.6 is 59.4 Å². The van der Waals surface area contributed by atoms with E-state index in [0.717, 1.165) is 0 Å². The Morgan fingerprint density at radius 3 is 2.39 bits per heavy atom. The second kappa shape index (κ2) is 13.6. The fraction of sp³-hybridized carbons (Fsp3) is 0.278. The number of rotatable bonds is 8. The first-order chi connectivity index (χ1) is 13.7. The molecule has 8 nitrogen and oxygen atoms in total. The van der Waals surface area contributed by atoms with Crippen molar-refractivity contribution in [3.05, 3.63) is 38.5 Å². The lowest BCUT2D eigenvalue weighted by Gasteiger charge is -2.12. The van der Waals surface area contributed by atoms with Gasteiger partial charge in [0.25, 0.3) is 11.8 Å². The molecule has 5 N–H and O–H groups in total. The number of benzene rings is 1. The molecule has 0 radical (unpaired) electrons. The van der Waals surface area contributed by atoms with Crippen LogP contribution in [0, 0.1) is 0 Å². The highest BCUT2D eigenvalue weighted by Gasteiger charge is 2.15. The SMILES string of the molecule is CN(C)CCNC(=O)COc1cc(C(=O)N=C(N)N)cc(-c2cc(Cl)sc2Cl)c1.Cl.Cl. The van der Waals surface area contributed by atoms with Crippen molar-refractivity contribution in [1.29, 1.82) is 0 Å². The first kappa shape index (κ1) is 29.2. The lowest BCUT2D eigenvalue weighted by Crippen LogP contribution is -2.34. The third kappa shape index (κ3) is 9.51. The Balaban J connectivity index is 0.00000450. The Bertz CT molecular complexity index is 933. The number of carbonyl (C=O) groups is 2. The first-order valence-electron chi connectivity index (χ1n) is 8.44. The molecule has 0 saturated carbocycles. The van der Waals surface area contributed by atoms with E-state index < -0.39 is 5.91 Å². The average molecular weight is 531 g/mol. The lowest BCUT2D eigenvalue weighted by molar-refractivity contribution is -0.123. The Morgan fingerprint density at radius 1 is 1.16 bits per heavy atom. The van der Waals surface area contributed by atoms with Crippen LogP contribution in [0.3, 0.4) is 0 Å². The summed E-state index contributed by atoms with van der Waals surface area (Å²) >= 11 is 13.4. The molecule has 13 heteroatoms. The minimum absolute atomic E-state index is 0. The van der Waals surface area contributed by atoms with E-state index in [1.165, 1.54) is 17.4 Å². The van der Waals surface area contributed by atoms with Gasteiger partial charge in [-0.25, -0.2) is 0 Å². The summed E-state index contributed by atoms with van der Waals surface area (Å²) in [5, 5.41) is 2.74. The van der Waals surface area contributed by atoms with Crippen molar-refractivity contribution in [2.75, 3.05) is 33.8 Å². The topological polar surface area (TPSA) is 123 Å². The van der Waals surface area contributed by atoms with Crippen molar-refractivity contribution in [3.63, 3.8) is 0 Å². The predicted molar refractivity (Wildman–Crippen MR) is 131 cm³/mol. The maximum Gasteiger partial charge on any atom is 0.280 e. The molecule has 0 fully saturated rings. The number of thiophene rings is 1. The predicted octanol–water partition coefficient (Wildman–Crippen LogP) is 3.04. The third-order valence-electron chi connectivity index (χ3n) is 3.60. The zero-order valence-electron chi connectivity index (χ0n) is 16.7. The monoisotopic (exact) mass is 529 g/mol. The second-order valence-corrected chi connectivity index (χ2v) is 8.55. The number of halogens is 4. The van der Waals surface area contributed by atoms with E-state index >= 15 is 0 Å². The van der Waals surface area contributed by atoms with Gasteiger partial charge in [-0.3, -0.25) is 9.59 Å². The summed E-state index contributed by atoms with van der Waals surface area (Å²) in [6.07, 6.45) is 0. The molecule has 2 rings (SSSR count). The van der Waals surface area contributed by atoms with Gasteiger partial charge in [-0.2, -0.15) is 4.99 Å². The lowest BCUT2D eigenvalue weighted by atomic mass is 10.0. The molecule has 0 aliphatic carbocycles. The normalized spacial score (nSPS) is 9.97. The van der Waals surface area contributed by atoms with E-state index in [1.54, 1.807) is 18.2 Å². The van der Waals surface area contributed by atoms with E-state index in [9.17, 15) is 9.59 Å². The molecule has 1 heterocycles. The molecular weight excluding hydrogens is 508 g/mol. The van der Waals surface area contributed by atoms with Gasteiger partial charge in [0.05, 0.1) is 4.34 Å². The standard InChI is InChI=1S/C18H21Cl2N5O3S.2ClH/c1-25(2)4-3-23-15(26)9-28-12-6-10(13-8-14(19)29-16(13)20)5-11(7-12)17(27)24-18(21)22;;/h5-8H,3-4,9H2,1-2H3,(H,23,26)(H4,21,22,24,27);2*1H. The fourth-order valence-corrected chi connectivity index (χ4v) is 3.81. The Labute approximate surface area is 206 Å². The summed E-state index contributed by atoms with van der Waals surface area (Å²) in [6, 6.07) is 6.36. The van der Waals surface area contributed by atoms with Crippen LogP contribution in [0.5, 0.6) is 5.75 Å². The van der Waals surface area contributed by atoms with E-state index in [4.69, 9.17) is 39.4 Å². The molecule has 0 aliphatic rings. The first-order valence-corrected chi connectivity index (χ1v) is 10.0. The number of nitrogens with zero attached hydrogens (tertiary/aromatic N) is 2. The van der Waals surface area contributed by atoms with Crippen LogP contribution in [0.2, 0.25) is 8.67 Å². The number of hydrogen-bond donors (Lipinski definition) is 3. The maximum atomic E-state index is 12.3. The Hall–Kier alpha value is -1.75. The highest BCUT2D eigenvalue weighted by atomic mass is 35.5. The van der Waals surface area contributed by atoms with Gasteiger partial charge in [-0.05, 0) is 43.9 Å². The maximum absolute atomic E-state index is 12.3. The average Bonchev–Trinajstić information content (AvgIpc) is 2.97. The van der Waals surface area contributed by atoms with Gasteiger partial charge < -0.3 is 26.4 Å². The number of nitrogens with one attached hydrogen (secondary N) is 1. The summed E-state index contributed by atoms with van der Waals surface area (Å²) in [4.78, 5) is 29.7. The molecule has 0 unspecified atom stereocenters. The quantitative estimate of drug-likeness (QED) is 0.356. The van der Waals surface area contributed by atoms with E-state index in [1.807, 2.05) is 19.0 Å². The number of aliphatic imine (C=N–C) groups is 1. The zero-order chi connectivity index (χ0) is 21.6. The molecule has 0 saturated heterocycles. The summed E-state index contributed by atoms with van der Waals surface area (Å²) in [5.41, 5.74) is 12.0. The summed E-state index contributed by atoms with van der Waals surface area (Å²) in [6.45, 7) is 0.979. The van der Waals surface area contributed by atoms with Crippen molar-refractivity contribution < 1.29 is 14.3 Å². The number of carbonyl (C=O) groups excluding carboxylic acids is 2. The molecule has 172 valence electrons. The van der Waals surface area contributed by atoms with Crippen LogP contribution < -0.4 is 21.5 Å². The van der Waals surface area contributed by atoms with Crippen molar-refractivity contribution in [3.8, 4) is 16.9 Å². The van der Waals surface area contributed by atoms with Crippen LogP contribution in [0.4, 0.5) is 0 Å². The van der Waals surface area contributed by atoms with Crippen LogP contribution in [0.15, 0.2) is 29.3 Å². The van der Waals surface area contributed by atoms with Gasteiger partial charge in [-0.15, -0.1) is 36.2 Å². The summed E-state index contributed by atoms with van der Waals surface area (Å²) < 4.78 is 6.52. The Kier molecular flexibility index (Phi) is 12.8. The fourth-order valence-electron chi connectivity index (χ4n) is 2.30. The van der Waals surface area contributed by atoms with E-state index in [2.05, 4.69) is 10.3 Å². The van der Waals surface area contributed by atoms with Gasteiger partial charge in [0.1, 0.15) is 10.1 Å². The number of amides is 2. The van der Waals surface area contributed by atoms with Gasteiger partial charge in [0.15, 0.2) is 12.6 Å².